The van der Waals surface area contributed by atoms with Crippen molar-refractivity contribution in [3.05, 3.63) is 0 Å². The molecule has 2 unspecified atom stereocenters. The van der Waals surface area contributed by atoms with Crippen LogP contribution in [0.15, 0.2) is 0 Å². The van der Waals surface area contributed by atoms with Crippen LogP contribution < -0.4 is 11.1 Å². The SMILES string of the molecule is CCOC(=O)C1NCSC1(N)C(=O)CBr. The number of thioether (sulfide) groups is 1. The van der Waals surface area contributed by atoms with Crippen molar-refractivity contribution in [2.24, 2.45) is 5.73 Å². The van der Waals surface area contributed by atoms with Crippen LogP contribution in [0.4, 0.5) is 0 Å². The largest absolute Gasteiger partial charge is 0.465 e. The van der Waals surface area contributed by atoms with Crippen molar-refractivity contribution >= 4 is 39.4 Å². The van der Waals surface area contributed by atoms with Crippen LogP contribution in [0.25, 0.3) is 0 Å². The molecule has 0 aliphatic carbocycles. The molecule has 0 saturated carbocycles. The third kappa shape index (κ3) is 2.52. The van der Waals surface area contributed by atoms with E-state index in [-0.39, 0.29) is 17.7 Å². The lowest BCUT2D eigenvalue weighted by atomic mass is 10.1. The molecule has 2 atom stereocenters. The molecular weight excluding hydrogens is 284 g/mol. The van der Waals surface area contributed by atoms with Gasteiger partial charge in [-0.3, -0.25) is 14.9 Å². The van der Waals surface area contributed by atoms with Crippen molar-refractivity contribution in [1.82, 2.24) is 5.32 Å². The third-order valence-corrected chi connectivity index (χ3v) is 3.87. The molecule has 7 heteroatoms. The monoisotopic (exact) mass is 296 g/mol. The highest BCUT2D eigenvalue weighted by molar-refractivity contribution is 9.09. The lowest BCUT2D eigenvalue weighted by Crippen LogP contribution is -2.59. The molecule has 0 radical (unpaired) electrons. The van der Waals surface area contributed by atoms with E-state index in [1.807, 2.05) is 0 Å². The van der Waals surface area contributed by atoms with Gasteiger partial charge in [-0.1, -0.05) is 15.9 Å². The highest BCUT2D eigenvalue weighted by atomic mass is 79.9. The van der Waals surface area contributed by atoms with E-state index in [0.29, 0.717) is 5.88 Å². The van der Waals surface area contributed by atoms with E-state index >= 15 is 0 Å². The molecule has 1 aliphatic heterocycles. The summed E-state index contributed by atoms with van der Waals surface area (Å²) in [5, 5.41) is 3.00. The van der Waals surface area contributed by atoms with Crippen molar-refractivity contribution in [2.75, 3.05) is 17.8 Å². The fraction of sp³-hybridized carbons (Fsp3) is 0.750. The van der Waals surface area contributed by atoms with Crippen molar-refractivity contribution < 1.29 is 14.3 Å². The second kappa shape index (κ2) is 5.29. The minimum absolute atomic E-state index is 0.133. The minimum atomic E-state index is -1.21. The zero-order valence-corrected chi connectivity index (χ0v) is 10.7. The molecule has 1 rings (SSSR count). The van der Waals surface area contributed by atoms with Crippen LogP contribution >= 0.6 is 27.7 Å². The standard InChI is InChI=1S/C8H13BrN2O3S/c1-2-14-7(13)6-8(10,5(12)3-9)15-4-11-6/h6,11H,2-4,10H2,1H3. The molecule has 1 fully saturated rings. The molecular formula is C8H13BrN2O3S. The van der Waals surface area contributed by atoms with Gasteiger partial charge in [0, 0.05) is 5.88 Å². The van der Waals surface area contributed by atoms with Crippen molar-refractivity contribution in [1.29, 1.82) is 0 Å². The number of rotatable bonds is 4. The Bertz CT molecular complexity index is 277. The van der Waals surface area contributed by atoms with Gasteiger partial charge in [-0.05, 0) is 6.92 Å². The number of carbonyl (C=O) groups is 2. The normalized spacial score (nSPS) is 30.2. The maximum atomic E-state index is 11.6. The first kappa shape index (κ1) is 13.0. The number of alkyl halides is 1. The Kier molecular flexibility index (Phi) is 4.57. The van der Waals surface area contributed by atoms with Crippen molar-refractivity contribution in [3.8, 4) is 0 Å². The molecule has 1 aliphatic rings. The van der Waals surface area contributed by atoms with E-state index < -0.39 is 16.9 Å². The molecule has 15 heavy (non-hydrogen) atoms. The lowest BCUT2D eigenvalue weighted by molar-refractivity contribution is -0.147. The highest BCUT2D eigenvalue weighted by Crippen LogP contribution is 2.31. The van der Waals surface area contributed by atoms with Crippen molar-refractivity contribution in [3.63, 3.8) is 0 Å². The van der Waals surface area contributed by atoms with Crippen LogP contribution in [0.5, 0.6) is 0 Å². The lowest BCUT2D eigenvalue weighted by Gasteiger charge is -2.25. The van der Waals surface area contributed by atoms with Gasteiger partial charge in [0.2, 0.25) is 0 Å². The summed E-state index contributed by atoms with van der Waals surface area (Å²) >= 11 is 4.28. The van der Waals surface area contributed by atoms with Gasteiger partial charge in [0.1, 0.15) is 10.9 Å². The number of esters is 1. The molecule has 0 bridgehead atoms. The number of ketones is 1. The maximum Gasteiger partial charge on any atom is 0.326 e. The second-order valence-corrected chi connectivity index (χ2v) is 4.84. The van der Waals surface area contributed by atoms with Crippen LogP contribution in [0.1, 0.15) is 6.92 Å². The first-order chi connectivity index (χ1) is 7.06. The summed E-state index contributed by atoms with van der Waals surface area (Å²) in [6, 6.07) is -0.757. The summed E-state index contributed by atoms with van der Waals surface area (Å²) in [7, 11) is 0. The van der Waals surface area contributed by atoms with Crippen LogP contribution in [0.3, 0.4) is 0 Å². The molecule has 0 aromatic heterocycles. The number of nitrogens with one attached hydrogen (secondary N) is 1. The smallest absolute Gasteiger partial charge is 0.326 e. The zero-order chi connectivity index (χ0) is 11.5. The van der Waals surface area contributed by atoms with Gasteiger partial charge >= 0.3 is 5.97 Å². The Morgan fingerprint density at radius 3 is 2.93 bits per heavy atom. The number of nitrogens with two attached hydrogens (primary N) is 1. The summed E-state index contributed by atoms with van der Waals surface area (Å²) < 4.78 is 4.85. The van der Waals surface area contributed by atoms with E-state index in [2.05, 4.69) is 21.2 Å². The average Bonchev–Trinajstić information content (AvgIpc) is 2.61. The van der Waals surface area contributed by atoms with Gasteiger partial charge in [0.15, 0.2) is 5.78 Å². The Morgan fingerprint density at radius 2 is 2.40 bits per heavy atom. The summed E-state index contributed by atoms with van der Waals surface area (Å²) in [6.45, 7) is 1.99. The average molecular weight is 297 g/mol. The van der Waals surface area contributed by atoms with Gasteiger partial charge in [0.25, 0.3) is 0 Å². The Morgan fingerprint density at radius 1 is 1.73 bits per heavy atom. The number of Topliss-reactive ketones (excluding diaryl/α,β-unsaturated/α-hetero) is 1. The third-order valence-electron chi connectivity index (χ3n) is 2.11. The molecule has 0 amide bonds. The van der Waals surface area contributed by atoms with E-state index in [1.54, 1.807) is 6.92 Å². The predicted molar refractivity (Wildman–Crippen MR) is 61.7 cm³/mol. The Labute approximate surface area is 101 Å². The maximum absolute atomic E-state index is 11.6. The van der Waals surface area contributed by atoms with Gasteiger partial charge in [-0.15, -0.1) is 11.8 Å². The molecule has 3 N–H and O–H groups in total. The van der Waals surface area contributed by atoms with E-state index in [4.69, 9.17) is 10.5 Å². The number of hydrogen-bond acceptors (Lipinski definition) is 6. The first-order valence-electron chi connectivity index (χ1n) is 4.48. The molecule has 1 saturated heterocycles. The predicted octanol–water partition coefficient (Wildman–Crippen LogP) is -0.169. The number of hydrogen-bond donors (Lipinski definition) is 2. The topological polar surface area (TPSA) is 81.4 Å². The fourth-order valence-corrected chi connectivity index (χ4v) is 3.03. The first-order valence-corrected chi connectivity index (χ1v) is 6.59. The quantitative estimate of drug-likeness (QED) is 0.554. The molecule has 86 valence electrons. The molecule has 0 aromatic rings. The number of halogens is 1. The highest BCUT2D eigenvalue weighted by Gasteiger charge is 2.50. The van der Waals surface area contributed by atoms with Crippen molar-refractivity contribution in [2.45, 2.75) is 17.8 Å². The van der Waals surface area contributed by atoms with Crippen LogP contribution in [0, 0.1) is 0 Å². The minimum Gasteiger partial charge on any atom is -0.465 e. The molecule has 5 nitrogen and oxygen atoms in total. The van der Waals surface area contributed by atoms with Gasteiger partial charge in [-0.25, -0.2) is 0 Å². The number of ether oxygens (including phenoxy) is 1. The summed E-state index contributed by atoms with van der Waals surface area (Å²) in [6.07, 6.45) is 0. The Balaban J connectivity index is 2.79. The summed E-state index contributed by atoms with van der Waals surface area (Å²) in [4.78, 5) is 21.9. The molecule has 0 aromatic carbocycles. The number of carbonyl (C=O) groups excluding carboxylic acids is 2. The van der Waals surface area contributed by atoms with Crippen LogP contribution in [-0.4, -0.2) is 40.5 Å². The fourth-order valence-electron chi connectivity index (χ4n) is 1.31. The van der Waals surface area contributed by atoms with Crippen LogP contribution in [0.2, 0.25) is 0 Å². The van der Waals surface area contributed by atoms with E-state index in [0.717, 1.165) is 0 Å². The van der Waals surface area contributed by atoms with Gasteiger partial charge in [0.05, 0.1) is 11.9 Å². The van der Waals surface area contributed by atoms with Gasteiger partial charge in [-0.2, -0.15) is 0 Å². The zero-order valence-electron chi connectivity index (χ0n) is 8.29. The summed E-state index contributed by atoms with van der Waals surface area (Å²) in [5.74, 6) is -0.214. The van der Waals surface area contributed by atoms with E-state index in [9.17, 15) is 9.59 Å². The molecule has 0 spiro atoms. The Hall–Kier alpha value is -0.110. The van der Waals surface area contributed by atoms with Gasteiger partial charge < -0.3 is 10.5 Å². The second-order valence-electron chi connectivity index (χ2n) is 3.03. The molecule has 1 heterocycles. The van der Waals surface area contributed by atoms with Crippen LogP contribution in [-0.2, 0) is 14.3 Å². The summed E-state index contributed by atoms with van der Waals surface area (Å²) in [5.41, 5.74) is 5.91. The van der Waals surface area contributed by atoms with E-state index in [1.165, 1.54) is 11.8 Å².